The molecule has 6 heteroatoms. The number of amides is 2. The van der Waals surface area contributed by atoms with Gasteiger partial charge in [0.1, 0.15) is 6.04 Å². The summed E-state index contributed by atoms with van der Waals surface area (Å²) in [7, 11) is 0. The summed E-state index contributed by atoms with van der Waals surface area (Å²) in [5, 5.41) is 14.2. The molecule has 2 amide bonds. The van der Waals surface area contributed by atoms with E-state index in [1.165, 1.54) is 0 Å². The number of hydrogen-bond donors (Lipinski definition) is 3. The molecule has 0 saturated carbocycles. The van der Waals surface area contributed by atoms with Crippen molar-refractivity contribution in [3.05, 3.63) is 35.4 Å². The Morgan fingerprint density at radius 2 is 1.63 bits per heavy atom. The highest BCUT2D eigenvalue weighted by molar-refractivity contribution is 5.97. The molecule has 27 heavy (non-hydrogen) atoms. The van der Waals surface area contributed by atoms with Gasteiger partial charge in [-0.3, -0.25) is 14.4 Å². The largest absolute Gasteiger partial charge is 0.481 e. The lowest BCUT2D eigenvalue weighted by molar-refractivity contribution is -0.137. The lowest BCUT2D eigenvalue weighted by atomic mass is 9.86. The molecule has 1 atom stereocenters. The van der Waals surface area contributed by atoms with Crippen molar-refractivity contribution in [2.45, 2.75) is 65.3 Å². The number of unbranched alkanes of at least 4 members (excludes halogenated alkanes) is 1. The number of carbonyl (C=O) groups is 3. The molecule has 1 unspecified atom stereocenters. The zero-order chi connectivity index (χ0) is 20.6. The minimum atomic E-state index is -0.842. The van der Waals surface area contributed by atoms with Crippen molar-refractivity contribution in [2.24, 2.45) is 5.92 Å². The Kier molecular flexibility index (Phi) is 8.47. The first kappa shape index (κ1) is 22.7. The fourth-order valence-electron chi connectivity index (χ4n) is 2.60. The summed E-state index contributed by atoms with van der Waals surface area (Å²) >= 11 is 0. The van der Waals surface area contributed by atoms with E-state index >= 15 is 0 Å². The third kappa shape index (κ3) is 7.81. The van der Waals surface area contributed by atoms with E-state index < -0.39 is 12.0 Å². The molecule has 150 valence electrons. The predicted octanol–water partition coefficient (Wildman–Crippen LogP) is 3.11. The SMILES string of the molecule is CC(C)C(NC(=O)c1ccc(C(C)(C)C)cc1)C(=O)NCCCCC(=O)O. The van der Waals surface area contributed by atoms with E-state index in [1.807, 2.05) is 26.0 Å². The fraction of sp³-hybridized carbons (Fsp3) is 0.571. The average molecular weight is 376 g/mol. The van der Waals surface area contributed by atoms with E-state index in [0.717, 1.165) is 5.56 Å². The van der Waals surface area contributed by atoms with Crippen LogP contribution < -0.4 is 10.6 Å². The molecule has 0 aromatic heterocycles. The number of benzene rings is 1. The Hall–Kier alpha value is -2.37. The highest BCUT2D eigenvalue weighted by atomic mass is 16.4. The topological polar surface area (TPSA) is 95.5 Å². The van der Waals surface area contributed by atoms with Crippen molar-refractivity contribution in [2.75, 3.05) is 6.54 Å². The molecule has 0 aliphatic rings. The van der Waals surface area contributed by atoms with Crippen LogP contribution in [0, 0.1) is 5.92 Å². The quantitative estimate of drug-likeness (QED) is 0.577. The number of rotatable bonds is 9. The van der Waals surface area contributed by atoms with Gasteiger partial charge in [0.2, 0.25) is 5.91 Å². The minimum absolute atomic E-state index is 0.00992. The first-order valence-corrected chi connectivity index (χ1v) is 9.43. The van der Waals surface area contributed by atoms with Crippen LogP contribution in [0.4, 0.5) is 0 Å². The lowest BCUT2D eigenvalue weighted by Gasteiger charge is -2.22. The first-order valence-electron chi connectivity index (χ1n) is 9.43. The highest BCUT2D eigenvalue weighted by Gasteiger charge is 2.24. The fourth-order valence-corrected chi connectivity index (χ4v) is 2.60. The van der Waals surface area contributed by atoms with Crippen molar-refractivity contribution in [1.82, 2.24) is 10.6 Å². The molecule has 6 nitrogen and oxygen atoms in total. The van der Waals surface area contributed by atoms with E-state index in [9.17, 15) is 14.4 Å². The molecule has 0 saturated heterocycles. The summed E-state index contributed by atoms with van der Waals surface area (Å²) in [6.45, 7) is 10.5. The number of carbonyl (C=O) groups excluding carboxylic acids is 2. The Morgan fingerprint density at radius 3 is 2.11 bits per heavy atom. The second-order valence-corrected chi connectivity index (χ2v) is 8.16. The van der Waals surface area contributed by atoms with Gasteiger partial charge < -0.3 is 15.7 Å². The Labute approximate surface area is 161 Å². The molecule has 0 aliphatic heterocycles. The van der Waals surface area contributed by atoms with Crippen molar-refractivity contribution < 1.29 is 19.5 Å². The third-order valence-corrected chi connectivity index (χ3v) is 4.37. The van der Waals surface area contributed by atoms with Crippen LogP contribution in [0.15, 0.2) is 24.3 Å². The minimum Gasteiger partial charge on any atom is -0.481 e. The van der Waals surface area contributed by atoms with Gasteiger partial charge in [-0.25, -0.2) is 0 Å². The van der Waals surface area contributed by atoms with Gasteiger partial charge >= 0.3 is 5.97 Å². The molecule has 0 radical (unpaired) electrons. The standard InChI is InChI=1S/C21H32N2O4/c1-14(2)18(20(27)22-13-7-6-8-17(24)25)23-19(26)15-9-11-16(12-10-15)21(3,4)5/h9-12,14,18H,6-8,13H2,1-5H3,(H,22,27)(H,23,26)(H,24,25). The molecule has 1 rings (SSSR count). The number of carboxylic acid groups (broad SMARTS) is 1. The third-order valence-electron chi connectivity index (χ3n) is 4.37. The van der Waals surface area contributed by atoms with E-state index in [0.29, 0.717) is 24.9 Å². The van der Waals surface area contributed by atoms with Crippen LogP contribution in [0.1, 0.15) is 69.8 Å². The molecular formula is C21H32N2O4. The van der Waals surface area contributed by atoms with Crippen LogP contribution in [-0.4, -0.2) is 35.5 Å². The number of hydrogen-bond acceptors (Lipinski definition) is 3. The predicted molar refractivity (Wildman–Crippen MR) is 106 cm³/mol. The van der Waals surface area contributed by atoms with Crippen LogP contribution in [0.5, 0.6) is 0 Å². The van der Waals surface area contributed by atoms with Gasteiger partial charge in [0, 0.05) is 18.5 Å². The summed E-state index contributed by atoms with van der Waals surface area (Å²) in [6.07, 6.45) is 1.18. The summed E-state index contributed by atoms with van der Waals surface area (Å²) in [4.78, 5) is 35.4. The second-order valence-electron chi connectivity index (χ2n) is 8.16. The molecule has 0 fully saturated rings. The van der Waals surface area contributed by atoms with Crippen molar-refractivity contribution >= 4 is 17.8 Å². The number of nitrogens with one attached hydrogen (secondary N) is 2. The maximum Gasteiger partial charge on any atom is 0.303 e. The van der Waals surface area contributed by atoms with E-state index in [-0.39, 0.29) is 29.6 Å². The van der Waals surface area contributed by atoms with Gasteiger partial charge in [-0.15, -0.1) is 0 Å². The molecular weight excluding hydrogens is 344 g/mol. The van der Waals surface area contributed by atoms with Crippen LogP contribution in [-0.2, 0) is 15.0 Å². The molecule has 3 N–H and O–H groups in total. The summed E-state index contributed by atoms with van der Waals surface area (Å²) in [5.74, 6) is -1.44. The molecule has 0 spiro atoms. The van der Waals surface area contributed by atoms with Crippen LogP contribution in [0.25, 0.3) is 0 Å². The molecule has 0 aliphatic carbocycles. The van der Waals surface area contributed by atoms with Crippen molar-refractivity contribution in [3.8, 4) is 0 Å². The van der Waals surface area contributed by atoms with Crippen molar-refractivity contribution in [3.63, 3.8) is 0 Å². The van der Waals surface area contributed by atoms with Crippen LogP contribution in [0.3, 0.4) is 0 Å². The smallest absolute Gasteiger partial charge is 0.303 e. The van der Waals surface area contributed by atoms with Crippen LogP contribution >= 0.6 is 0 Å². The second kappa shape index (κ2) is 10.1. The van der Waals surface area contributed by atoms with E-state index in [4.69, 9.17) is 5.11 Å². The lowest BCUT2D eigenvalue weighted by Crippen LogP contribution is -2.49. The van der Waals surface area contributed by atoms with Gasteiger partial charge in [0.05, 0.1) is 0 Å². The van der Waals surface area contributed by atoms with Gasteiger partial charge in [0.25, 0.3) is 5.91 Å². The Morgan fingerprint density at radius 1 is 1.04 bits per heavy atom. The molecule has 1 aromatic carbocycles. The normalized spacial score (nSPS) is 12.5. The summed E-state index contributed by atoms with van der Waals surface area (Å²) in [6, 6.07) is 6.77. The van der Waals surface area contributed by atoms with Gasteiger partial charge in [-0.2, -0.15) is 0 Å². The monoisotopic (exact) mass is 376 g/mol. The maximum atomic E-state index is 12.5. The Balaban J connectivity index is 2.63. The number of carboxylic acids is 1. The van der Waals surface area contributed by atoms with Crippen molar-refractivity contribution in [1.29, 1.82) is 0 Å². The molecule has 0 heterocycles. The van der Waals surface area contributed by atoms with Crippen LogP contribution in [0.2, 0.25) is 0 Å². The van der Waals surface area contributed by atoms with E-state index in [2.05, 4.69) is 31.4 Å². The van der Waals surface area contributed by atoms with Gasteiger partial charge in [0.15, 0.2) is 0 Å². The first-order chi connectivity index (χ1) is 12.5. The number of aliphatic carboxylic acids is 1. The van der Waals surface area contributed by atoms with Gasteiger partial charge in [-0.05, 0) is 41.9 Å². The highest BCUT2D eigenvalue weighted by Crippen LogP contribution is 2.22. The Bertz CT molecular complexity index is 645. The zero-order valence-electron chi connectivity index (χ0n) is 17.0. The molecule has 0 bridgehead atoms. The summed E-state index contributed by atoms with van der Waals surface area (Å²) in [5.41, 5.74) is 1.66. The summed E-state index contributed by atoms with van der Waals surface area (Å²) < 4.78 is 0. The average Bonchev–Trinajstić information content (AvgIpc) is 2.57. The molecule has 1 aromatic rings. The maximum absolute atomic E-state index is 12.5. The van der Waals surface area contributed by atoms with E-state index in [1.54, 1.807) is 12.1 Å². The van der Waals surface area contributed by atoms with Gasteiger partial charge in [-0.1, -0.05) is 46.8 Å². The zero-order valence-corrected chi connectivity index (χ0v) is 17.0.